The van der Waals surface area contributed by atoms with Crippen molar-refractivity contribution in [2.45, 2.75) is 12.5 Å². The molecule has 0 aliphatic carbocycles. The van der Waals surface area contributed by atoms with Crippen molar-refractivity contribution >= 4 is 0 Å². The van der Waals surface area contributed by atoms with Gasteiger partial charge in [0, 0.05) is 12.5 Å². The molecule has 0 fully saturated rings. The Kier molecular flexibility index (Phi) is 4.84. The zero-order chi connectivity index (χ0) is 14.4. The number of likely N-dealkylation sites (N-methyl/N-ethyl adjacent to an activating group) is 1. The van der Waals surface area contributed by atoms with Gasteiger partial charge in [0.1, 0.15) is 5.82 Å². The topological polar surface area (TPSA) is 69.2 Å². The third kappa shape index (κ3) is 3.42. The van der Waals surface area contributed by atoms with E-state index in [0.29, 0.717) is 12.2 Å². The molecule has 0 aliphatic rings. The molecule has 0 saturated carbocycles. The number of benzene rings is 1. The van der Waals surface area contributed by atoms with Gasteiger partial charge in [0.2, 0.25) is 0 Å². The molecule has 0 saturated heterocycles. The van der Waals surface area contributed by atoms with E-state index < -0.39 is 0 Å². The highest BCUT2D eigenvalue weighted by molar-refractivity contribution is 5.20. The first-order valence-corrected chi connectivity index (χ1v) is 6.32. The molecule has 0 amide bonds. The summed E-state index contributed by atoms with van der Waals surface area (Å²) in [6.07, 6.45) is 0.621. The zero-order valence-corrected chi connectivity index (χ0v) is 11.8. The van der Waals surface area contributed by atoms with Crippen LogP contribution in [-0.2, 0) is 6.42 Å². The lowest BCUT2D eigenvalue weighted by atomic mass is 10.0. The number of methoxy groups -OCH3 is 2. The number of rotatable bonds is 6. The van der Waals surface area contributed by atoms with Gasteiger partial charge in [-0.15, -0.1) is 4.98 Å². The molecular weight excluding hydrogens is 256 g/mol. The van der Waals surface area contributed by atoms with E-state index in [-0.39, 0.29) is 18.1 Å². The maximum Gasteiger partial charge on any atom is 0.322 e. The summed E-state index contributed by atoms with van der Waals surface area (Å²) in [6, 6.07) is 10.8. The molecule has 0 bridgehead atoms. The van der Waals surface area contributed by atoms with E-state index in [4.69, 9.17) is 9.47 Å². The molecule has 1 N–H and O–H groups in total. The van der Waals surface area contributed by atoms with Crippen LogP contribution in [0, 0.1) is 0 Å². The molecule has 1 unspecified atom stereocenters. The minimum atomic E-state index is 0.119. The molecule has 0 aliphatic heterocycles. The first-order valence-electron chi connectivity index (χ1n) is 6.32. The fourth-order valence-corrected chi connectivity index (χ4v) is 1.91. The van der Waals surface area contributed by atoms with Gasteiger partial charge in [0.05, 0.1) is 14.2 Å². The number of nitrogens with one attached hydrogen (secondary N) is 1. The van der Waals surface area contributed by atoms with Gasteiger partial charge >= 0.3 is 12.0 Å². The van der Waals surface area contributed by atoms with E-state index in [1.54, 1.807) is 0 Å². The number of nitrogens with zero attached hydrogens (tertiary/aromatic N) is 3. The second-order valence-corrected chi connectivity index (χ2v) is 4.18. The third-order valence-corrected chi connectivity index (χ3v) is 2.94. The summed E-state index contributed by atoms with van der Waals surface area (Å²) in [4.78, 5) is 12.5. The van der Waals surface area contributed by atoms with Gasteiger partial charge in [-0.2, -0.15) is 9.97 Å². The molecular formula is C14H18N4O2. The maximum absolute atomic E-state index is 5.06. The van der Waals surface area contributed by atoms with E-state index in [1.807, 2.05) is 25.2 Å². The van der Waals surface area contributed by atoms with Crippen LogP contribution in [0.5, 0.6) is 12.0 Å². The van der Waals surface area contributed by atoms with E-state index in [0.717, 1.165) is 0 Å². The SMILES string of the molecule is CNC(Cc1nc(OC)nc(OC)n1)c1ccccc1. The van der Waals surface area contributed by atoms with Crippen molar-refractivity contribution in [2.75, 3.05) is 21.3 Å². The molecule has 106 valence electrons. The second kappa shape index (κ2) is 6.81. The number of hydrogen-bond acceptors (Lipinski definition) is 6. The van der Waals surface area contributed by atoms with Gasteiger partial charge in [-0.3, -0.25) is 0 Å². The maximum atomic E-state index is 5.06. The number of ether oxygens (including phenoxy) is 2. The monoisotopic (exact) mass is 274 g/mol. The van der Waals surface area contributed by atoms with Crippen molar-refractivity contribution in [1.29, 1.82) is 0 Å². The van der Waals surface area contributed by atoms with Crippen LogP contribution in [0.2, 0.25) is 0 Å². The van der Waals surface area contributed by atoms with Gasteiger partial charge in [0.25, 0.3) is 0 Å². The van der Waals surface area contributed by atoms with Crippen molar-refractivity contribution in [2.24, 2.45) is 0 Å². The summed E-state index contributed by atoms with van der Waals surface area (Å²) in [5.41, 5.74) is 1.17. The minimum Gasteiger partial charge on any atom is -0.467 e. The van der Waals surface area contributed by atoms with Gasteiger partial charge in [-0.25, -0.2) is 0 Å². The normalized spacial score (nSPS) is 11.9. The second-order valence-electron chi connectivity index (χ2n) is 4.18. The van der Waals surface area contributed by atoms with E-state index in [9.17, 15) is 0 Å². The fraction of sp³-hybridized carbons (Fsp3) is 0.357. The van der Waals surface area contributed by atoms with Crippen LogP contribution in [-0.4, -0.2) is 36.2 Å². The van der Waals surface area contributed by atoms with Crippen molar-refractivity contribution in [3.05, 3.63) is 41.7 Å². The highest BCUT2D eigenvalue weighted by Gasteiger charge is 2.14. The Balaban J connectivity index is 2.23. The summed E-state index contributed by atoms with van der Waals surface area (Å²) in [5.74, 6) is 0.622. The van der Waals surface area contributed by atoms with Crippen LogP contribution in [0.4, 0.5) is 0 Å². The first-order chi connectivity index (χ1) is 9.76. The van der Waals surface area contributed by atoms with Crippen molar-refractivity contribution in [1.82, 2.24) is 20.3 Å². The van der Waals surface area contributed by atoms with Gasteiger partial charge in [0.15, 0.2) is 0 Å². The lowest BCUT2D eigenvalue weighted by Gasteiger charge is -2.16. The molecule has 6 nitrogen and oxygen atoms in total. The summed E-state index contributed by atoms with van der Waals surface area (Å²) in [5, 5.41) is 3.26. The van der Waals surface area contributed by atoms with Crippen LogP contribution >= 0.6 is 0 Å². The highest BCUT2D eigenvalue weighted by Crippen LogP contribution is 2.18. The smallest absolute Gasteiger partial charge is 0.322 e. The van der Waals surface area contributed by atoms with E-state index >= 15 is 0 Å². The molecule has 1 heterocycles. The molecule has 1 atom stereocenters. The molecule has 20 heavy (non-hydrogen) atoms. The predicted molar refractivity (Wildman–Crippen MR) is 74.9 cm³/mol. The molecule has 2 rings (SSSR count). The Bertz CT molecular complexity index is 526. The Morgan fingerprint density at radius 3 is 2.10 bits per heavy atom. The van der Waals surface area contributed by atoms with Crippen LogP contribution in [0.15, 0.2) is 30.3 Å². The summed E-state index contributed by atoms with van der Waals surface area (Å²) in [7, 11) is 4.95. The molecule has 6 heteroatoms. The summed E-state index contributed by atoms with van der Waals surface area (Å²) >= 11 is 0. The predicted octanol–water partition coefficient (Wildman–Crippen LogP) is 1.39. The lowest BCUT2D eigenvalue weighted by molar-refractivity contribution is 0.335. The number of aromatic nitrogens is 3. The molecule has 2 aromatic rings. The molecule has 0 radical (unpaired) electrons. The van der Waals surface area contributed by atoms with Gasteiger partial charge < -0.3 is 14.8 Å². The third-order valence-electron chi connectivity index (χ3n) is 2.94. The van der Waals surface area contributed by atoms with E-state index in [2.05, 4.69) is 32.4 Å². The summed E-state index contributed by atoms with van der Waals surface area (Å²) < 4.78 is 10.1. The average Bonchev–Trinajstić information content (AvgIpc) is 2.53. The fourth-order valence-electron chi connectivity index (χ4n) is 1.91. The summed E-state index contributed by atoms with van der Waals surface area (Å²) in [6.45, 7) is 0. The first kappa shape index (κ1) is 14.2. The van der Waals surface area contributed by atoms with Gasteiger partial charge in [-0.1, -0.05) is 30.3 Å². The van der Waals surface area contributed by atoms with Crippen LogP contribution in [0.1, 0.15) is 17.4 Å². The van der Waals surface area contributed by atoms with Crippen molar-refractivity contribution in [3.8, 4) is 12.0 Å². The largest absolute Gasteiger partial charge is 0.467 e. The Morgan fingerprint density at radius 1 is 1.00 bits per heavy atom. The average molecular weight is 274 g/mol. The van der Waals surface area contributed by atoms with Gasteiger partial charge in [-0.05, 0) is 12.6 Å². The standard InChI is InChI=1S/C14H18N4O2/c1-15-11(10-7-5-4-6-8-10)9-12-16-13(19-2)18-14(17-12)20-3/h4-8,11,15H,9H2,1-3H3. The Labute approximate surface area is 118 Å². The Morgan fingerprint density at radius 2 is 1.60 bits per heavy atom. The quantitative estimate of drug-likeness (QED) is 0.858. The Hall–Kier alpha value is -2.21. The minimum absolute atomic E-state index is 0.119. The van der Waals surface area contributed by atoms with Crippen LogP contribution in [0.3, 0.4) is 0 Å². The molecule has 0 spiro atoms. The molecule has 1 aromatic carbocycles. The van der Waals surface area contributed by atoms with E-state index in [1.165, 1.54) is 19.8 Å². The molecule has 1 aromatic heterocycles. The number of hydrogen-bond donors (Lipinski definition) is 1. The van der Waals surface area contributed by atoms with Crippen LogP contribution < -0.4 is 14.8 Å². The lowest BCUT2D eigenvalue weighted by Crippen LogP contribution is -2.20. The zero-order valence-electron chi connectivity index (χ0n) is 11.8. The van der Waals surface area contributed by atoms with Crippen molar-refractivity contribution < 1.29 is 9.47 Å². The highest BCUT2D eigenvalue weighted by atomic mass is 16.5. The van der Waals surface area contributed by atoms with Crippen LogP contribution in [0.25, 0.3) is 0 Å². The van der Waals surface area contributed by atoms with Crippen molar-refractivity contribution in [3.63, 3.8) is 0 Å².